The minimum atomic E-state index is -0.480. The first kappa shape index (κ1) is 12.9. The molecule has 0 aliphatic heterocycles. The predicted molar refractivity (Wildman–Crippen MR) is 69.7 cm³/mol. The summed E-state index contributed by atoms with van der Waals surface area (Å²) in [6, 6.07) is 4.09. The quantitative estimate of drug-likeness (QED) is 0.793. The minimum absolute atomic E-state index is 0.178. The second kappa shape index (κ2) is 4.59. The van der Waals surface area contributed by atoms with Gasteiger partial charge in [-0.05, 0) is 42.9 Å². The van der Waals surface area contributed by atoms with Gasteiger partial charge in [-0.15, -0.1) is 0 Å². The van der Waals surface area contributed by atoms with Crippen LogP contribution < -0.4 is 11.1 Å². The molecule has 1 atom stereocenters. The largest absolute Gasteiger partial charge is 0.399 e. The Morgan fingerprint density at radius 1 is 1.44 bits per heavy atom. The van der Waals surface area contributed by atoms with Gasteiger partial charge in [-0.3, -0.25) is 4.79 Å². The average Bonchev–Trinajstić information content (AvgIpc) is 2.56. The fourth-order valence-corrected chi connectivity index (χ4v) is 2.57. The number of carbonyl (C=O) groups excluding carboxylic acids is 1. The highest BCUT2D eigenvalue weighted by Crippen LogP contribution is 2.36. The highest BCUT2D eigenvalue weighted by Gasteiger charge is 2.31. The molecule has 1 amide bonds. The first-order valence-corrected chi connectivity index (χ1v) is 6.23. The van der Waals surface area contributed by atoms with Crippen LogP contribution in [0.5, 0.6) is 0 Å². The van der Waals surface area contributed by atoms with Crippen LogP contribution in [0.25, 0.3) is 0 Å². The van der Waals surface area contributed by atoms with Crippen LogP contribution >= 0.6 is 0 Å². The highest BCUT2D eigenvalue weighted by atomic mass is 19.1. The molecule has 1 saturated carbocycles. The lowest BCUT2D eigenvalue weighted by Crippen LogP contribution is -2.33. The molecule has 0 heterocycles. The Balaban J connectivity index is 2.04. The van der Waals surface area contributed by atoms with E-state index < -0.39 is 5.82 Å². The summed E-state index contributed by atoms with van der Waals surface area (Å²) >= 11 is 0. The molecule has 0 spiro atoms. The van der Waals surface area contributed by atoms with E-state index in [1.807, 2.05) is 0 Å². The van der Waals surface area contributed by atoms with E-state index in [1.165, 1.54) is 18.2 Å². The number of nitrogens with two attached hydrogens (primary N) is 1. The number of nitrogen functional groups attached to an aromatic ring is 1. The fraction of sp³-hybridized carbons (Fsp3) is 0.500. The van der Waals surface area contributed by atoms with Crippen LogP contribution in [-0.4, -0.2) is 11.9 Å². The predicted octanol–water partition coefficient (Wildman–Crippen LogP) is 2.72. The second-order valence-corrected chi connectivity index (χ2v) is 5.85. The molecule has 3 N–H and O–H groups in total. The topological polar surface area (TPSA) is 55.1 Å². The van der Waals surface area contributed by atoms with Crippen LogP contribution in [0.1, 0.15) is 43.5 Å². The third kappa shape index (κ3) is 3.00. The number of halogens is 1. The number of benzene rings is 1. The molecule has 1 aromatic rings. The molecule has 1 fully saturated rings. The minimum Gasteiger partial charge on any atom is -0.399 e. The molecule has 1 aromatic carbocycles. The van der Waals surface area contributed by atoms with Crippen LogP contribution in [0.2, 0.25) is 0 Å². The average molecular weight is 250 g/mol. The van der Waals surface area contributed by atoms with E-state index in [2.05, 4.69) is 19.2 Å². The summed E-state index contributed by atoms with van der Waals surface area (Å²) in [6.45, 7) is 4.39. The number of nitrogens with one attached hydrogen (secondary N) is 1. The van der Waals surface area contributed by atoms with Crippen molar-refractivity contribution < 1.29 is 9.18 Å². The molecular formula is C14H19FN2O. The SMILES string of the molecule is CC1(C)CCC(NC(=O)c2cc(N)cc(F)c2)C1. The highest BCUT2D eigenvalue weighted by molar-refractivity contribution is 5.95. The Morgan fingerprint density at radius 3 is 2.72 bits per heavy atom. The third-order valence-electron chi connectivity index (χ3n) is 3.49. The van der Waals surface area contributed by atoms with E-state index in [1.54, 1.807) is 0 Å². The maximum absolute atomic E-state index is 13.2. The molecule has 0 radical (unpaired) electrons. The molecule has 3 nitrogen and oxygen atoms in total. The molecule has 4 heteroatoms. The fourth-order valence-electron chi connectivity index (χ4n) is 2.57. The molecular weight excluding hydrogens is 231 g/mol. The van der Waals surface area contributed by atoms with E-state index in [0.29, 0.717) is 0 Å². The van der Waals surface area contributed by atoms with Crippen molar-refractivity contribution in [2.45, 2.75) is 39.2 Å². The van der Waals surface area contributed by atoms with Gasteiger partial charge in [0.25, 0.3) is 5.91 Å². The molecule has 0 saturated heterocycles. The number of amides is 1. The van der Waals surface area contributed by atoms with Crippen LogP contribution in [0, 0.1) is 11.2 Å². The van der Waals surface area contributed by atoms with E-state index in [0.717, 1.165) is 19.3 Å². The zero-order valence-corrected chi connectivity index (χ0v) is 10.8. The van der Waals surface area contributed by atoms with Crippen molar-refractivity contribution in [2.75, 3.05) is 5.73 Å². The Morgan fingerprint density at radius 2 is 2.17 bits per heavy atom. The lowest BCUT2D eigenvalue weighted by atomic mass is 9.92. The van der Waals surface area contributed by atoms with E-state index >= 15 is 0 Å². The van der Waals surface area contributed by atoms with Crippen molar-refractivity contribution in [3.63, 3.8) is 0 Å². The monoisotopic (exact) mass is 250 g/mol. The number of rotatable bonds is 2. The maximum Gasteiger partial charge on any atom is 0.251 e. The molecule has 18 heavy (non-hydrogen) atoms. The lowest BCUT2D eigenvalue weighted by molar-refractivity contribution is 0.0935. The van der Waals surface area contributed by atoms with Gasteiger partial charge >= 0.3 is 0 Å². The standard InChI is InChI=1S/C14H19FN2O/c1-14(2)4-3-12(8-14)17-13(18)9-5-10(15)7-11(16)6-9/h5-7,12H,3-4,8,16H2,1-2H3,(H,17,18). The zero-order valence-electron chi connectivity index (χ0n) is 10.8. The van der Waals surface area contributed by atoms with Gasteiger partial charge in [0, 0.05) is 17.3 Å². The van der Waals surface area contributed by atoms with E-state index in [9.17, 15) is 9.18 Å². The molecule has 1 aliphatic carbocycles. The van der Waals surface area contributed by atoms with E-state index in [-0.39, 0.29) is 28.6 Å². The van der Waals surface area contributed by atoms with E-state index in [4.69, 9.17) is 5.73 Å². The number of carbonyl (C=O) groups is 1. The van der Waals surface area contributed by atoms with Crippen molar-refractivity contribution in [3.8, 4) is 0 Å². The molecule has 1 unspecified atom stereocenters. The van der Waals surface area contributed by atoms with Gasteiger partial charge in [0.15, 0.2) is 0 Å². The van der Waals surface area contributed by atoms with Gasteiger partial charge in [-0.1, -0.05) is 13.8 Å². The molecule has 2 rings (SSSR count). The molecule has 0 aromatic heterocycles. The smallest absolute Gasteiger partial charge is 0.251 e. The summed E-state index contributed by atoms with van der Waals surface area (Å²) in [5, 5.41) is 2.94. The first-order valence-electron chi connectivity index (χ1n) is 6.23. The molecule has 98 valence electrons. The summed E-state index contributed by atoms with van der Waals surface area (Å²) in [6.07, 6.45) is 3.04. The maximum atomic E-state index is 13.2. The summed E-state index contributed by atoms with van der Waals surface area (Å²) < 4.78 is 13.2. The van der Waals surface area contributed by atoms with Gasteiger partial charge in [0.2, 0.25) is 0 Å². The normalized spacial score (nSPS) is 21.8. The summed E-state index contributed by atoms with van der Waals surface area (Å²) in [5.41, 5.74) is 6.36. The van der Waals surface area contributed by atoms with Crippen molar-refractivity contribution in [3.05, 3.63) is 29.6 Å². The van der Waals surface area contributed by atoms with Crippen LogP contribution in [-0.2, 0) is 0 Å². The zero-order chi connectivity index (χ0) is 13.3. The van der Waals surface area contributed by atoms with Gasteiger partial charge in [-0.25, -0.2) is 4.39 Å². The van der Waals surface area contributed by atoms with Crippen molar-refractivity contribution in [2.24, 2.45) is 5.41 Å². The number of anilines is 1. The molecule has 0 bridgehead atoms. The van der Waals surface area contributed by atoms with Crippen molar-refractivity contribution >= 4 is 11.6 Å². The van der Waals surface area contributed by atoms with Crippen molar-refractivity contribution in [1.29, 1.82) is 0 Å². The Kier molecular flexibility index (Phi) is 3.28. The summed E-state index contributed by atoms with van der Waals surface area (Å²) in [7, 11) is 0. The third-order valence-corrected chi connectivity index (χ3v) is 3.49. The second-order valence-electron chi connectivity index (χ2n) is 5.85. The molecule has 1 aliphatic rings. The van der Waals surface area contributed by atoms with Gasteiger partial charge < -0.3 is 11.1 Å². The van der Waals surface area contributed by atoms with Gasteiger partial charge in [0.1, 0.15) is 5.82 Å². The lowest BCUT2D eigenvalue weighted by Gasteiger charge is -2.18. The van der Waals surface area contributed by atoms with Gasteiger partial charge in [-0.2, -0.15) is 0 Å². The number of hydrogen-bond acceptors (Lipinski definition) is 2. The van der Waals surface area contributed by atoms with Crippen LogP contribution in [0.3, 0.4) is 0 Å². The number of hydrogen-bond donors (Lipinski definition) is 2. The van der Waals surface area contributed by atoms with Gasteiger partial charge in [0.05, 0.1) is 0 Å². The van der Waals surface area contributed by atoms with Crippen LogP contribution in [0.15, 0.2) is 18.2 Å². The Bertz CT molecular complexity index is 451. The summed E-state index contributed by atoms with van der Waals surface area (Å²) in [5.74, 6) is -0.726. The van der Waals surface area contributed by atoms with Crippen molar-refractivity contribution in [1.82, 2.24) is 5.32 Å². The first-order chi connectivity index (χ1) is 8.35. The Hall–Kier alpha value is -1.58. The van der Waals surface area contributed by atoms with Crippen LogP contribution in [0.4, 0.5) is 10.1 Å². The Labute approximate surface area is 107 Å². The summed E-state index contributed by atoms with van der Waals surface area (Å²) in [4.78, 5) is 12.0.